The van der Waals surface area contributed by atoms with Crippen molar-refractivity contribution in [1.82, 2.24) is 4.98 Å². The molecule has 0 saturated heterocycles. The van der Waals surface area contributed by atoms with Crippen molar-refractivity contribution in [3.05, 3.63) is 42.2 Å². The standard InChI is InChI=1S/C16H19N3/c17-16-14-8-9-18-11-13(14)5-6-15(16)19-10-7-12-3-1-2-4-12/h3,5-6,8-9,11,19H,1-2,4,7,10,17H2. The highest BCUT2D eigenvalue weighted by molar-refractivity contribution is 5.98. The number of anilines is 2. The van der Waals surface area contributed by atoms with E-state index in [1.54, 1.807) is 11.8 Å². The topological polar surface area (TPSA) is 50.9 Å². The van der Waals surface area contributed by atoms with Crippen molar-refractivity contribution in [2.24, 2.45) is 0 Å². The molecule has 2 aromatic rings. The van der Waals surface area contributed by atoms with Crippen LogP contribution in [0.15, 0.2) is 42.2 Å². The Balaban J connectivity index is 1.72. The van der Waals surface area contributed by atoms with Crippen molar-refractivity contribution in [1.29, 1.82) is 0 Å². The molecule has 1 aliphatic rings. The second-order valence-electron chi connectivity index (χ2n) is 5.05. The number of aromatic nitrogens is 1. The van der Waals surface area contributed by atoms with Crippen LogP contribution in [0.1, 0.15) is 25.7 Å². The van der Waals surface area contributed by atoms with Crippen molar-refractivity contribution < 1.29 is 0 Å². The summed E-state index contributed by atoms with van der Waals surface area (Å²) >= 11 is 0. The first-order valence-electron chi connectivity index (χ1n) is 6.88. The SMILES string of the molecule is Nc1c(NCCC2=CCCC2)ccc2cnccc12. The summed E-state index contributed by atoms with van der Waals surface area (Å²) in [6.07, 6.45) is 11.0. The van der Waals surface area contributed by atoms with Crippen LogP contribution in [0, 0.1) is 0 Å². The molecule has 3 heteroatoms. The van der Waals surface area contributed by atoms with Crippen LogP contribution in [0.25, 0.3) is 10.8 Å². The van der Waals surface area contributed by atoms with Gasteiger partial charge in [-0.25, -0.2) is 0 Å². The lowest BCUT2D eigenvalue weighted by Gasteiger charge is -2.11. The van der Waals surface area contributed by atoms with E-state index in [4.69, 9.17) is 5.73 Å². The van der Waals surface area contributed by atoms with Gasteiger partial charge in [0.1, 0.15) is 0 Å². The second kappa shape index (κ2) is 5.31. The van der Waals surface area contributed by atoms with Gasteiger partial charge < -0.3 is 11.1 Å². The highest BCUT2D eigenvalue weighted by Crippen LogP contribution is 2.28. The molecule has 0 atom stereocenters. The van der Waals surface area contributed by atoms with Crippen LogP contribution in [-0.4, -0.2) is 11.5 Å². The van der Waals surface area contributed by atoms with Gasteiger partial charge >= 0.3 is 0 Å². The van der Waals surface area contributed by atoms with E-state index in [1.807, 2.05) is 18.3 Å². The Morgan fingerprint density at radius 1 is 1.26 bits per heavy atom. The van der Waals surface area contributed by atoms with Gasteiger partial charge in [0, 0.05) is 29.7 Å². The van der Waals surface area contributed by atoms with Crippen LogP contribution >= 0.6 is 0 Å². The number of nitrogens with zero attached hydrogens (tertiary/aromatic N) is 1. The van der Waals surface area contributed by atoms with Gasteiger partial charge in [0.15, 0.2) is 0 Å². The van der Waals surface area contributed by atoms with E-state index < -0.39 is 0 Å². The van der Waals surface area contributed by atoms with E-state index in [2.05, 4.69) is 22.4 Å². The zero-order chi connectivity index (χ0) is 13.1. The third-order valence-corrected chi connectivity index (χ3v) is 3.76. The van der Waals surface area contributed by atoms with Crippen LogP contribution in [0.2, 0.25) is 0 Å². The van der Waals surface area contributed by atoms with E-state index in [1.165, 1.54) is 19.3 Å². The average molecular weight is 253 g/mol. The van der Waals surface area contributed by atoms with Crippen LogP contribution < -0.4 is 11.1 Å². The molecule has 1 heterocycles. The van der Waals surface area contributed by atoms with E-state index in [0.29, 0.717) is 0 Å². The monoisotopic (exact) mass is 253 g/mol. The summed E-state index contributed by atoms with van der Waals surface area (Å²) in [6.45, 7) is 0.951. The first-order valence-corrected chi connectivity index (χ1v) is 6.88. The third-order valence-electron chi connectivity index (χ3n) is 3.76. The number of hydrogen-bond donors (Lipinski definition) is 2. The fourth-order valence-corrected chi connectivity index (χ4v) is 2.67. The number of benzene rings is 1. The molecule has 1 aromatic carbocycles. The number of hydrogen-bond acceptors (Lipinski definition) is 3. The molecule has 98 valence electrons. The lowest BCUT2D eigenvalue weighted by Crippen LogP contribution is -2.05. The minimum absolute atomic E-state index is 0.820. The Morgan fingerprint density at radius 2 is 2.21 bits per heavy atom. The quantitative estimate of drug-likeness (QED) is 0.645. The smallest absolute Gasteiger partial charge is 0.0630 e. The Labute approximate surface area is 113 Å². The summed E-state index contributed by atoms with van der Waals surface area (Å²) < 4.78 is 0. The number of nitrogen functional groups attached to an aromatic ring is 1. The normalized spacial score (nSPS) is 14.6. The number of allylic oxidation sites excluding steroid dienone is 1. The highest BCUT2D eigenvalue weighted by atomic mass is 14.9. The van der Waals surface area contributed by atoms with Crippen LogP contribution in [0.4, 0.5) is 11.4 Å². The summed E-state index contributed by atoms with van der Waals surface area (Å²) in [5.74, 6) is 0. The van der Waals surface area contributed by atoms with Crippen LogP contribution in [0.5, 0.6) is 0 Å². The first-order chi connectivity index (χ1) is 9.34. The molecule has 0 amide bonds. The molecule has 0 fully saturated rings. The number of rotatable bonds is 4. The highest BCUT2D eigenvalue weighted by Gasteiger charge is 2.06. The van der Waals surface area contributed by atoms with Gasteiger partial charge in [0.2, 0.25) is 0 Å². The van der Waals surface area contributed by atoms with Gasteiger partial charge in [-0.15, -0.1) is 0 Å². The van der Waals surface area contributed by atoms with Gasteiger partial charge in [-0.05, 0) is 37.8 Å². The number of fused-ring (bicyclic) bond motifs is 1. The lowest BCUT2D eigenvalue weighted by atomic mass is 10.1. The lowest BCUT2D eigenvalue weighted by molar-refractivity contribution is 0.863. The van der Waals surface area contributed by atoms with E-state index in [-0.39, 0.29) is 0 Å². The molecule has 3 N–H and O–H groups in total. The van der Waals surface area contributed by atoms with Crippen LogP contribution in [0.3, 0.4) is 0 Å². The summed E-state index contributed by atoms with van der Waals surface area (Å²) in [7, 11) is 0. The third kappa shape index (κ3) is 2.55. The minimum atomic E-state index is 0.820. The van der Waals surface area contributed by atoms with Gasteiger partial charge in [-0.2, -0.15) is 0 Å². The Hall–Kier alpha value is -2.03. The number of nitrogens with two attached hydrogens (primary N) is 1. The van der Waals surface area contributed by atoms with E-state index in [9.17, 15) is 0 Å². The summed E-state index contributed by atoms with van der Waals surface area (Å²) in [4.78, 5) is 4.11. The number of nitrogens with one attached hydrogen (secondary N) is 1. The molecule has 1 aliphatic carbocycles. The van der Waals surface area contributed by atoms with Crippen molar-refractivity contribution >= 4 is 22.1 Å². The van der Waals surface area contributed by atoms with E-state index in [0.717, 1.165) is 35.1 Å². The molecule has 0 aliphatic heterocycles. The summed E-state index contributed by atoms with van der Waals surface area (Å²) in [6, 6.07) is 6.08. The molecule has 3 nitrogen and oxygen atoms in total. The predicted molar refractivity (Wildman–Crippen MR) is 81.2 cm³/mol. The maximum absolute atomic E-state index is 6.21. The molecule has 3 rings (SSSR count). The van der Waals surface area contributed by atoms with Gasteiger partial charge in [0.05, 0.1) is 11.4 Å². The van der Waals surface area contributed by atoms with Crippen molar-refractivity contribution in [2.75, 3.05) is 17.6 Å². The maximum Gasteiger partial charge on any atom is 0.0630 e. The van der Waals surface area contributed by atoms with Gasteiger partial charge in [-0.1, -0.05) is 17.7 Å². The molecule has 0 unspecified atom stereocenters. The van der Waals surface area contributed by atoms with Crippen LogP contribution in [-0.2, 0) is 0 Å². The second-order valence-corrected chi connectivity index (χ2v) is 5.05. The molecule has 19 heavy (non-hydrogen) atoms. The van der Waals surface area contributed by atoms with Gasteiger partial charge in [0.25, 0.3) is 0 Å². The fraction of sp³-hybridized carbons (Fsp3) is 0.312. The Kier molecular flexibility index (Phi) is 3.36. The molecular weight excluding hydrogens is 234 g/mol. The van der Waals surface area contributed by atoms with E-state index >= 15 is 0 Å². The number of pyridine rings is 1. The molecular formula is C16H19N3. The van der Waals surface area contributed by atoms with Gasteiger partial charge in [-0.3, -0.25) is 4.98 Å². The molecule has 0 radical (unpaired) electrons. The molecule has 0 bridgehead atoms. The predicted octanol–water partition coefficient (Wildman–Crippen LogP) is 3.73. The zero-order valence-electron chi connectivity index (χ0n) is 11.0. The molecule has 0 saturated carbocycles. The minimum Gasteiger partial charge on any atom is -0.397 e. The summed E-state index contributed by atoms with van der Waals surface area (Å²) in [5.41, 5.74) is 9.63. The average Bonchev–Trinajstić information content (AvgIpc) is 2.95. The Bertz CT molecular complexity index is 616. The van der Waals surface area contributed by atoms with Crippen molar-refractivity contribution in [3.8, 4) is 0 Å². The van der Waals surface area contributed by atoms with Crippen molar-refractivity contribution in [2.45, 2.75) is 25.7 Å². The Morgan fingerprint density at radius 3 is 3.05 bits per heavy atom. The van der Waals surface area contributed by atoms with Crippen molar-refractivity contribution in [3.63, 3.8) is 0 Å². The largest absolute Gasteiger partial charge is 0.397 e. The fourth-order valence-electron chi connectivity index (χ4n) is 2.67. The first kappa shape index (κ1) is 12.0. The maximum atomic E-state index is 6.21. The molecule has 1 aromatic heterocycles. The summed E-state index contributed by atoms with van der Waals surface area (Å²) in [5, 5.41) is 5.60. The molecule has 0 spiro atoms. The zero-order valence-corrected chi connectivity index (χ0v) is 11.0.